The third-order valence-electron chi connectivity index (χ3n) is 2.99. The van der Waals surface area contributed by atoms with Gasteiger partial charge >= 0.3 is 0 Å². The molecule has 1 N–H and O–H groups in total. The standard InChI is InChI=1S/C16H18O/c1-3-5-13-6-4-7-14(11-13)16-9-8-15(17)10-12(16)2/h4,6-11,17H,3,5H2,1-2H3. The van der Waals surface area contributed by atoms with Gasteiger partial charge in [-0.2, -0.15) is 0 Å². The SMILES string of the molecule is CCCc1cccc(-c2ccc(O)cc2C)c1. The van der Waals surface area contributed by atoms with Gasteiger partial charge in [0.25, 0.3) is 0 Å². The van der Waals surface area contributed by atoms with Crippen LogP contribution in [-0.2, 0) is 6.42 Å². The molecule has 0 heterocycles. The lowest BCUT2D eigenvalue weighted by molar-refractivity contribution is 0.475. The number of phenols is 1. The van der Waals surface area contributed by atoms with Gasteiger partial charge in [0.2, 0.25) is 0 Å². The smallest absolute Gasteiger partial charge is 0.115 e. The molecule has 2 aromatic rings. The van der Waals surface area contributed by atoms with Crippen LogP contribution in [-0.4, -0.2) is 5.11 Å². The van der Waals surface area contributed by atoms with Gasteiger partial charge in [-0.05, 0) is 47.7 Å². The number of aryl methyl sites for hydroxylation is 2. The van der Waals surface area contributed by atoms with E-state index in [1.54, 1.807) is 6.07 Å². The van der Waals surface area contributed by atoms with E-state index >= 15 is 0 Å². The summed E-state index contributed by atoms with van der Waals surface area (Å²) in [6.45, 7) is 4.22. The summed E-state index contributed by atoms with van der Waals surface area (Å²) in [6.07, 6.45) is 2.28. The molecule has 0 atom stereocenters. The molecule has 0 aliphatic rings. The van der Waals surface area contributed by atoms with E-state index in [4.69, 9.17) is 0 Å². The maximum Gasteiger partial charge on any atom is 0.115 e. The summed E-state index contributed by atoms with van der Waals surface area (Å²) >= 11 is 0. The lowest BCUT2D eigenvalue weighted by atomic mass is 9.97. The Morgan fingerprint density at radius 2 is 1.88 bits per heavy atom. The second-order valence-electron chi connectivity index (χ2n) is 4.45. The van der Waals surface area contributed by atoms with Gasteiger partial charge < -0.3 is 5.11 Å². The zero-order valence-electron chi connectivity index (χ0n) is 10.4. The Morgan fingerprint density at radius 3 is 2.59 bits per heavy atom. The van der Waals surface area contributed by atoms with Gasteiger partial charge in [-0.3, -0.25) is 0 Å². The Morgan fingerprint density at radius 1 is 1.06 bits per heavy atom. The predicted molar refractivity (Wildman–Crippen MR) is 72.3 cm³/mol. The number of aromatic hydroxyl groups is 1. The minimum absolute atomic E-state index is 0.330. The fourth-order valence-corrected chi connectivity index (χ4v) is 2.15. The molecule has 0 bridgehead atoms. The molecule has 0 aliphatic carbocycles. The molecule has 2 rings (SSSR count). The molecule has 2 aromatic carbocycles. The highest BCUT2D eigenvalue weighted by molar-refractivity contribution is 5.68. The summed E-state index contributed by atoms with van der Waals surface area (Å²) in [5, 5.41) is 9.42. The van der Waals surface area contributed by atoms with Gasteiger partial charge in [0.1, 0.15) is 5.75 Å². The summed E-state index contributed by atoms with van der Waals surface area (Å²) in [6, 6.07) is 14.2. The zero-order valence-corrected chi connectivity index (χ0v) is 10.4. The lowest BCUT2D eigenvalue weighted by Gasteiger charge is -2.08. The van der Waals surface area contributed by atoms with E-state index in [1.165, 1.54) is 16.7 Å². The van der Waals surface area contributed by atoms with Crippen LogP contribution in [0.25, 0.3) is 11.1 Å². The molecule has 88 valence electrons. The highest BCUT2D eigenvalue weighted by atomic mass is 16.3. The van der Waals surface area contributed by atoms with Crippen molar-refractivity contribution in [2.75, 3.05) is 0 Å². The summed E-state index contributed by atoms with van der Waals surface area (Å²) < 4.78 is 0. The number of rotatable bonds is 3. The van der Waals surface area contributed by atoms with E-state index < -0.39 is 0 Å². The van der Waals surface area contributed by atoms with E-state index in [1.807, 2.05) is 19.1 Å². The van der Waals surface area contributed by atoms with Crippen molar-refractivity contribution in [2.45, 2.75) is 26.7 Å². The number of phenolic OH excluding ortho intramolecular Hbond substituents is 1. The fourth-order valence-electron chi connectivity index (χ4n) is 2.15. The summed E-state index contributed by atoms with van der Waals surface area (Å²) in [4.78, 5) is 0. The molecular weight excluding hydrogens is 208 g/mol. The van der Waals surface area contributed by atoms with Crippen LogP contribution < -0.4 is 0 Å². The van der Waals surface area contributed by atoms with E-state index in [0.29, 0.717) is 5.75 Å². The molecule has 0 fully saturated rings. The van der Waals surface area contributed by atoms with Gasteiger partial charge in [-0.25, -0.2) is 0 Å². The molecule has 0 saturated carbocycles. The summed E-state index contributed by atoms with van der Waals surface area (Å²) in [5.74, 6) is 0.330. The van der Waals surface area contributed by atoms with E-state index in [9.17, 15) is 5.11 Å². The first kappa shape index (κ1) is 11.7. The van der Waals surface area contributed by atoms with Gasteiger partial charge in [0, 0.05) is 0 Å². The average molecular weight is 226 g/mol. The van der Waals surface area contributed by atoms with Crippen LogP contribution in [0.2, 0.25) is 0 Å². The molecule has 0 radical (unpaired) electrons. The molecular formula is C16H18O. The number of benzene rings is 2. The third-order valence-corrected chi connectivity index (χ3v) is 2.99. The zero-order chi connectivity index (χ0) is 12.3. The molecule has 0 unspecified atom stereocenters. The Balaban J connectivity index is 2.42. The van der Waals surface area contributed by atoms with Crippen molar-refractivity contribution in [3.05, 3.63) is 53.6 Å². The summed E-state index contributed by atoms with van der Waals surface area (Å²) in [7, 11) is 0. The molecule has 1 heteroatoms. The largest absolute Gasteiger partial charge is 0.508 e. The first-order chi connectivity index (χ1) is 8.20. The Hall–Kier alpha value is -1.76. The van der Waals surface area contributed by atoms with Crippen molar-refractivity contribution in [2.24, 2.45) is 0 Å². The van der Waals surface area contributed by atoms with Crippen LogP contribution in [0.4, 0.5) is 0 Å². The van der Waals surface area contributed by atoms with E-state index in [0.717, 1.165) is 18.4 Å². The second kappa shape index (κ2) is 5.05. The first-order valence-electron chi connectivity index (χ1n) is 6.09. The lowest BCUT2D eigenvalue weighted by Crippen LogP contribution is -1.87. The van der Waals surface area contributed by atoms with Crippen molar-refractivity contribution in [3.63, 3.8) is 0 Å². The van der Waals surface area contributed by atoms with Crippen LogP contribution in [0.3, 0.4) is 0 Å². The number of hydrogen-bond donors (Lipinski definition) is 1. The molecule has 0 spiro atoms. The molecule has 0 aromatic heterocycles. The number of hydrogen-bond acceptors (Lipinski definition) is 1. The van der Waals surface area contributed by atoms with Crippen molar-refractivity contribution in [1.82, 2.24) is 0 Å². The highest BCUT2D eigenvalue weighted by Gasteiger charge is 2.03. The normalized spacial score (nSPS) is 10.5. The van der Waals surface area contributed by atoms with Crippen LogP contribution in [0, 0.1) is 6.92 Å². The minimum Gasteiger partial charge on any atom is -0.508 e. The highest BCUT2D eigenvalue weighted by Crippen LogP contribution is 2.27. The summed E-state index contributed by atoms with van der Waals surface area (Å²) in [5.41, 5.74) is 4.91. The van der Waals surface area contributed by atoms with Gasteiger partial charge in [-0.1, -0.05) is 43.7 Å². The molecule has 1 nitrogen and oxygen atoms in total. The predicted octanol–water partition coefficient (Wildman–Crippen LogP) is 4.32. The minimum atomic E-state index is 0.330. The van der Waals surface area contributed by atoms with Crippen molar-refractivity contribution in [1.29, 1.82) is 0 Å². The van der Waals surface area contributed by atoms with Crippen LogP contribution in [0.1, 0.15) is 24.5 Å². The van der Waals surface area contributed by atoms with Crippen LogP contribution in [0.5, 0.6) is 5.75 Å². The fraction of sp³-hybridized carbons (Fsp3) is 0.250. The average Bonchev–Trinajstić information content (AvgIpc) is 2.29. The molecule has 0 aliphatic heterocycles. The Labute approximate surface area is 103 Å². The quantitative estimate of drug-likeness (QED) is 0.826. The van der Waals surface area contributed by atoms with E-state index in [2.05, 4.69) is 31.2 Å². The Bertz CT molecular complexity index is 515. The van der Waals surface area contributed by atoms with Crippen molar-refractivity contribution < 1.29 is 5.11 Å². The van der Waals surface area contributed by atoms with Crippen molar-refractivity contribution >= 4 is 0 Å². The topological polar surface area (TPSA) is 20.2 Å². The molecule has 17 heavy (non-hydrogen) atoms. The van der Waals surface area contributed by atoms with Crippen LogP contribution in [0.15, 0.2) is 42.5 Å². The molecule has 0 amide bonds. The monoisotopic (exact) mass is 226 g/mol. The van der Waals surface area contributed by atoms with Crippen LogP contribution >= 0.6 is 0 Å². The van der Waals surface area contributed by atoms with E-state index in [-0.39, 0.29) is 0 Å². The Kier molecular flexibility index (Phi) is 3.48. The van der Waals surface area contributed by atoms with Gasteiger partial charge in [-0.15, -0.1) is 0 Å². The van der Waals surface area contributed by atoms with Gasteiger partial charge in [0.05, 0.1) is 0 Å². The third kappa shape index (κ3) is 2.68. The maximum atomic E-state index is 9.42. The second-order valence-corrected chi connectivity index (χ2v) is 4.45. The maximum absolute atomic E-state index is 9.42. The molecule has 0 saturated heterocycles. The van der Waals surface area contributed by atoms with Gasteiger partial charge in [0.15, 0.2) is 0 Å². The first-order valence-corrected chi connectivity index (χ1v) is 6.09. The van der Waals surface area contributed by atoms with Crippen molar-refractivity contribution in [3.8, 4) is 16.9 Å².